The SMILES string of the molecule is CCCSP(=O)(OCC)O/N=C1\SC(C)(CC)N=C1C. The Morgan fingerprint density at radius 3 is 2.65 bits per heavy atom. The van der Waals surface area contributed by atoms with Crippen molar-refractivity contribution in [3.63, 3.8) is 0 Å². The van der Waals surface area contributed by atoms with Crippen LogP contribution < -0.4 is 0 Å². The first-order valence-corrected chi connectivity index (χ1v) is 10.7. The summed E-state index contributed by atoms with van der Waals surface area (Å²) in [6.45, 7) is 6.97. The lowest BCUT2D eigenvalue weighted by Gasteiger charge is -2.16. The second kappa shape index (κ2) is 7.87. The highest BCUT2D eigenvalue weighted by molar-refractivity contribution is 8.55. The van der Waals surface area contributed by atoms with Crippen LogP contribution in [0.5, 0.6) is 0 Å². The molecule has 5 nitrogen and oxygen atoms in total. The Kier molecular flexibility index (Phi) is 7.12. The molecule has 0 aromatic heterocycles. The molecular weight excluding hydrogens is 315 g/mol. The highest BCUT2D eigenvalue weighted by Gasteiger charge is 2.34. The van der Waals surface area contributed by atoms with Crippen molar-refractivity contribution in [2.45, 2.75) is 52.3 Å². The van der Waals surface area contributed by atoms with E-state index in [1.165, 1.54) is 23.1 Å². The summed E-state index contributed by atoms with van der Waals surface area (Å²) in [4.78, 5) is 4.36. The van der Waals surface area contributed by atoms with Crippen molar-refractivity contribution >= 4 is 40.7 Å². The van der Waals surface area contributed by atoms with Crippen molar-refractivity contribution < 1.29 is 13.7 Å². The largest absolute Gasteiger partial charge is 0.459 e. The highest BCUT2D eigenvalue weighted by Crippen LogP contribution is 2.61. The monoisotopic (exact) mass is 338 g/mol. The van der Waals surface area contributed by atoms with Gasteiger partial charge in [-0.15, -0.1) is 0 Å². The Morgan fingerprint density at radius 2 is 2.15 bits per heavy atom. The van der Waals surface area contributed by atoms with Gasteiger partial charge in [0.2, 0.25) is 0 Å². The number of aliphatic imine (C=N–C) groups is 1. The molecule has 1 rings (SSSR count). The van der Waals surface area contributed by atoms with Gasteiger partial charge in [0.05, 0.1) is 12.3 Å². The molecule has 0 saturated heterocycles. The van der Waals surface area contributed by atoms with Gasteiger partial charge in [-0.05, 0) is 45.0 Å². The van der Waals surface area contributed by atoms with Crippen LogP contribution in [0, 0.1) is 0 Å². The molecule has 0 radical (unpaired) electrons. The second-order valence-electron chi connectivity index (χ2n) is 4.50. The predicted molar refractivity (Wildman–Crippen MR) is 89.9 cm³/mol. The summed E-state index contributed by atoms with van der Waals surface area (Å²) in [6.07, 6.45) is 1.81. The van der Waals surface area contributed by atoms with Crippen LogP contribution >= 0.6 is 29.9 Å². The number of thioether (sulfide) groups is 1. The zero-order valence-electron chi connectivity index (χ0n) is 12.7. The van der Waals surface area contributed by atoms with Gasteiger partial charge in [0.15, 0.2) is 5.04 Å². The van der Waals surface area contributed by atoms with Gasteiger partial charge >= 0.3 is 6.80 Å². The molecule has 0 aromatic rings. The Hall–Kier alpha value is 0.0300. The zero-order chi connectivity index (χ0) is 15.2. The quantitative estimate of drug-likeness (QED) is 0.463. The Labute approximate surface area is 129 Å². The van der Waals surface area contributed by atoms with Crippen molar-refractivity contribution in [3.8, 4) is 0 Å². The van der Waals surface area contributed by atoms with Crippen LogP contribution in [0.2, 0.25) is 0 Å². The molecule has 0 aliphatic carbocycles. The van der Waals surface area contributed by atoms with Crippen molar-refractivity contribution in [2.75, 3.05) is 12.4 Å². The van der Waals surface area contributed by atoms with Crippen LogP contribution in [0.15, 0.2) is 10.1 Å². The second-order valence-corrected chi connectivity index (χ2v) is 10.1. The lowest BCUT2D eigenvalue weighted by Crippen LogP contribution is -2.11. The molecule has 1 aliphatic heterocycles. The third kappa shape index (κ3) is 5.10. The van der Waals surface area contributed by atoms with E-state index in [1.54, 1.807) is 6.92 Å². The topological polar surface area (TPSA) is 60.2 Å². The molecule has 2 unspecified atom stereocenters. The first-order valence-electron chi connectivity index (χ1n) is 6.79. The molecule has 8 heteroatoms. The van der Waals surface area contributed by atoms with E-state index in [9.17, 15) is 4.57 Å². The fraction of sp³-hybridized carbons (Fsp3) is 0.833. The fourth-order valence-corrected chi connectivity index (χ4v) is 5.62. The first kappa shape index (κ1) is 18.1. The first-order chi connectivity index (χ1) is 9.38. The normalized spacial score (nSPS) is 27.4. The molecule has 116 valence electrons. The van der Waals surface area contributed by atoms with E-state index in [2.05, 4.69) is 24.0 Å². The number of hydrogen-bond donors (Lipinski definition) is 0. The molecule has 0 fully saturated rings. The van der Waals surface area contributed by atoms with Gasteiger partial charge in [-0.25, -0.2) is 4.57 Å². The molecule has 0 saturated carbocycles. The molecule has 2 atom stereocenters. The van der Waals surface area contributed by atoms with Crippen LogP contribution in [-0.4, -0.2) is 28.0 Å². The molecule has 1 aliphatic rings. The van der Waals surface area contributed by atoms with Gasteiger partial charge in [0, 0.05) is 5.75 Å². The minimum Gasteiger partial charge on any atom is -0.304 e. The van der Waals surface area contributed by atoms with Gasteiger partial charge in [-0.2, -0.15) is 0 Å². The van der Waals surface area contributed by atoms with Gasteiger partial charge in [0.25, 0.3) is 0 Å². The van der Waals surface area contributed by atoms with Gasteiger partial charge in [0.1, 0.15) is 4.87 Å². The fourth-order valence-electron chi connectivity index (χ4n) is 1.48. The van der Waals surface area contributed by atoms with Gasteiger partial charge in [-0.3, -0.25) is 9.52 Å². The van der Waals surface area contributed by atoms with Crippen LogP contribution in [0.1, 0.15) is 47.5 Å². The molecular formula is C12H23N2O3PS2. The van der Waals surface area contributed by atoms with E-state index < -0.39 is 6.80 Å². The summed E-state index contributed by atoms with van der Waals surface area (Å²) in [5.74, 6) is 0.717. The Bertz CT molecular complexity index is 442. The summed E-state index contributed by atoms with van der Waals surface area (Å²) in [5.41, 5.74) is 0.822. The summed E-state index contributed by atoms with van der Waals surface area (Å²) in [7, 11) is 0. The molecule has 0 aromatic carbocycles. The van der Waals surface area contributed by atoms with E-state index in [1.807, 2.05) is 13.8 Å². The standard InChI is InChI=1S/C12H23N2O3PS2/c1-6-9-19-18(15,16-8-3)17-14-11-10(4)13-12(5,7-2)20-11/h6-9H2,1-5H3/b14-11-. The average molecular weight is 338 g/mol. The van der Waals surface area contributed by atoms with Gasteiger partial charge < -0.3 is 4.62 Å². The maximum Gasteiger partial charge on any atom is 0.459 e. The van der Waals surface area contributed by atoms with E-state index >= 15 is 0 Å². The molecule has 0 spiro atoms. The third-order valence-electron chi connectivity index (χ3n) is 2.65. The van der Waals surface area contributed by atoms with Gasteiger partial charge in [-0.1, -0.05) is 30.8 Å². The maximum absolute atomic E-state index is 12.4. The van der Waals surface area contributed by atoms with E-state index in [0.717, 1.165) is 24.3 Å². The van der Waals surface area contributed by atoms with Crippen molar-refractivity contribution in [1.29, 1.82) is 0 Å². The van der Waals surface area contributed by atoms with E-state index in [-0.39, 0.29) is 4.87 Å². The predicted octanol–water partition coefficient (Wildman–Crippen LogP) is 4.94. The van der Waals surface area contributed by atoms with Crippen LogP contribution in [-0.2, 0) is 13.7 Å². The number of rotatable bonds is 8. The molecule has 0 amide bonds. The lowest BCUT2D eigenvalue weighted by molar-refractivity contribution is 0.237. The number of nitrogens with zero attached hydrogens (tertiary/aromatic N) is 2. The van der Waals surface area contributed by atoms with Crippen molar-refractivity contribution in [2.24, 2.45) is 10.1 Å². The number of hydrogen-bond acceptors (Lipinski definition) is 7. The molecule has 1 heterocycles. The van der Waals surface area contributed by atoms with Crippen LogP contribution in [0.3, 0.4) is 0 Å². The van der Waals surface area contributed by atoms with Crippen molar-refractivity contribution in [3.05, 3.63) is 0 Å². The maximum atomic E-state index is 12.4. The summed E-state index contributed by atoms with van der Waals surface area (Å²) in [5, 5.41) is 4.72. The molecule has 20 heavy (non-hydrogen) atoms. The minimum absolute atomic E-state index is 0.196. The third-order valence-corrected chi connectivity index (χ3v) is 7.81. The molecule has 0 N–H and O–H groups in total. The summed E-state index contributed by atoms with van der Waals surface area (Å²) >= 11 is 2.73. The zero-order valence-corrected chi connectivity index (χ0v) is 15.2. The molecule has 0 bridgehead atoms. The van der Waals surface area contributed by atoms with E-state index in [0.29, 0.717) is 11.7 Å². The Morgan fingerprint density at radius 1 is 1.45 bits per heavy atom. The summed E-state index contributed by atoms with van der Waals surface area (Å²) in [6, 6.07) is 0. The Balaban J connectivity index is 2.75. The average Bonchev–Trinajstić information content (AvgIpc) is 2.70. The highest BCUT2D eigenvalue weighted by atomic mass is 32.7. The van der Waals surface area contributed by atoms with Crippen molar-refractivity contribution in [1.82, 2.24) is 0 Å². The van der Waals surface area contributed by atoms with Crippen LogP contribution in [0.4, 0.5) is 0 Å². The summed E-state index contributed by atoms with van der Waals surface area (Å²) < 4.78 is 22.9. The number of oxime groups is 1. The van der Waals surface area contributed by atoms with E-state index in [4.69, 9.17) is 9.15 Å². The lowest BCUT2D eigenvalue weighted by atomic mass is 10.2. The minimum atomic E-state index is -3.20. The smallest absolute Gasteiger partial charge is 0.304 e. The van der Waals surface area contributed by atoms with Crippen LogP contribution in [0.25, 0.3) is 0 Å².